The van der Waals surface area contributed by atoms with Crippen molar-refractivity contribution in [2.45, 2.75) is 32.4 Å². The number of benzene rings is 1. The Bertz CT molecular complexity index is 474. The Kier molecular flexibility index (Phi) is 4.01. The summed E-state index contributed by atoms with van der Waals surface area (Å²) in [5.74, 6) is 6.20. The Balaban J connectivity index is 2.19. The van der Waals surface area contributed by atoms with Crippen molar-refractivity contribution in [2.75, 3.05) is 12.5 Å². The minimum Gasteiger partial charge on any atom is -0.318 e. The number of hydrogen-bond donors (Lipinski definition) is 2. The van der Waals surface area contributed by atoms with E-state index in [9.17, 15) is 10.1 Å². The number of nitrogen functional groups attached to an aromatic ring is 1. The van der Waals surface area contributed by atoms with Crippen LogP contribution in [0, 0.1) is 16.0 Å². The highest BCUT2D eigenvalue weighted by Gasteiger charge is 2.30. The molecule has 1 aliphatic rings. The average molecular weight is 264 g/mol. The van der Waals surface area contributed by atoms with Crippen LogP contribution in [0.25, 0.3) is 0 Å². The maximum absolute atomic E-state index is 11.0. The van der Waals surface area contributed by atoms with Crippen molar-refractivity contribution in [2.24, 2.45) is 11.8 Å². The van der Waals surface area contributed by atoms with Gasteiger partial charge < -0.3 is 5.43 Å². The van der Waals surface area contributed by atoms with Crippen LogP contribution in [-0.2, 0) is 6.54 Å². The molecule has 0 saturated heterocycles. The molecule has 0 aliphatic heterocycles. The van der Waals surface area contributed by atoms with Crippen LogP contribution in [0.2, 0.25) is 0 Å². The highest BCUT2D eigenvalue weighted by atomic mass is 16.6. The molecular formula is C13H20N4O2. The molecule has 1 saturated carbocycles. The smallest absolute Gasteiger partial charge is 0.293 e. The van der Waals surface area contributed by atoms with Gasteiger partial charge in [0.15, 0.2) is 0 Å². The average Bonchev–Trinajstić information content (AvgIpc) is 3.21. The molecule has 1 aromatic carbocycles. The topological polar surface area (TPSA) is 84.4 Å². The number of nitrogens with zero attached hydrogens (tertiary/aromatic N) is 2. The quantitative estimate of drug-likeness (QED) is 0.467. The van der Waals surface area contributed by atoms with Gasteiger partial charge >= 0.3 is 0 Å². The van der Waals surface area contributed by atoms with Crippen LogP contribution in [0.15, 0.2) is 18.2 Å². The summed E-state index contributed by atoms with van der Waals surface area (Å²) < 4.78 is 0. The highest BCUT2D eigenvalue weighted by Crippen LogP contribution is 2.36. The fourth-order valence-electron chi connectivity index (χ4n) is 2.39. The molecule has 6 nitrogen and oxygen atoms in total. The Labute approximate surface area is 112 Å². The molecule has 1 unspecified atom stereocenters. The first-order valence-electron chi connectivity index (χ1n) is 6.47. The summed E-state index contributed by atoms with van der Waals surface area (Å²) in [6.45, 7) is 2.85. The molecule has 0 amide bonds. The van der Waals surface area contributed by atoms with E-state index in [0.29, 0.717) is 18.3 Å². The number of rotatable bonds is 6. The zero-order valence-corrected chi connectivity index (χ0v) is 11.3. The summed E-state index contributed by atoms with van der Waals surface area (Å²) in [5, 5.41) is 11.0. The van der Waals surface area contributed by atoms with Gasteiger partial charge in [0, 0.05) is 18.7 Å². The van der Waals surface area contributed by atoms with Crippen LogP contribution in [0.1, 0.15) is 25.3 Å². The predicted octanol–water partition coefficient (Wildman–Crippen LogP) is 2.11. The van der Waals surface area contributed by atoms with Gasteiger partial charge in [-0.1, -0.05) is 12.1 Å². The highest BCUT2D eigenvalue weighted by molar-refractivity contribution is 5.65. The molecule has 1 fully saturated rings. The van der Waals surface area contributed by atoms with Gasteiger partial charge in [-0.2, -0.15) is 0 Å². The summed E-state index contributed by atoms with van der Waals surface area (Å²) in [6.07, 6.45) is 2.56. The molecule has 1 aromatic rings. The fraction of sp³-hybridized carbons (Fsp3) is 0.538. The van der Waals surface area contributed by atoms with Gasteiger partial charge in [0.05, 0.1) is 4.92 Å². The van der Waals surface area contributed by atoms with E-state index in [-0.39, 0.29) is 5.69 Å². The molecular weight excluding hydrogens is 244 g/mol. The third-order valence-electron chi connectivity index (χ3n) is 3.89. The van der Waals surface area contributed by atoms with E-state index in [4.69, 9.17) is 5.84 Å². The predicted molar refractivity (Wildman–Crippen MR) is 74.6 cm³/mol. The van der Waals surface area contributed by atoms with E-state index in [1.807, 2.05) is 13.1 Å². The van der Waals surface area contributed by atoms with Crippen molar-refractivity contribution in [1.82, 2.24) is 4.90 Å². The minimum absolute atomic E-state index is 0.0208. The van der Waals surface area contributed by atoms with E-state index in [0.717, 1.165) is 11.5 Å². The molecule has 0 spiro atoms. The Morgan fingerprint density at radius 2 is 2.26 bits per heavy atom. The number of hydrazine groups is 1. The summed E-state index contributed by atoms with van der Waals surface area (Å²) in [4.78, 5) is 12.8. The summed E-state index contributed by atoms with van der Waals surface area (Å²) in [5.41, 5.74) is 3.75. The summed E-state index contributed by atoms with van der Waals surface area (Å²) >= 11 is 0. The normalized spacial score (nSPS) is 16.4. The molecule has 104 valence electrons. The monoisotopic (exact) mass is 264 g/mol. The molecule has 1 aliphatic carbocycles. The minimum atomic E-state index is -0.414. The number of nitrogens with one attached hydrogen (secondary N) is 1. The maximum Gasteiger partial charge on any atom is 0.293 e. The van der Waals surface area contributed by atoms with Crippen LogP contribution in [0.5, 0.6) is 0 Å². The lowest BCUT2D eigenvalue weighted by Crippen LogP contribution is -2.30. The van der Waals surface area contributed by atoms with Crippen molar-refractivity contribution in [3.05, 3.63) is 33.9 Å². The largest absolute Gasteiger partial charge is 0.318 e. The maximum atomic E-state index is 11.0. The number of para-hydroxylation sites is 1. The SMILES string of the molecule is CC(C1CC1)N(C)Cc1cccc([N+](=O)[O-])c1NN. The second-order valence-electron chi connectivity index (χ2n) is 5.21. The van der Waals surface area contributed by atoms with Gasteiger partial charge in [-0.25, -0.2) is 0 Å². The van der Waals surface area contributed by atoms with Gasteiger partial charge in [-0.3, -0.25) is 20.9 Å². The van der Waals surface area contributed by atoms with Crippen molar-refractivity contribution < 1.29 is 4.92 Å². The van der Waals surface area contributed by atoms with Gasteiger partial charge in [-0.15, -0.1) is 0 Å². The first kappa shape index (κ1) is 13.8. The van der Waals surface area contributed by atoms with Crippen molar-refractivity contribution in [1.29, 1.82) is 0 Å². The second kappa shape index (κ2) is 5.54. The van der Waals surface area contributed by atoms with E-state index in [2.05, 4.69) is 17.2 Å². The number of nitro benzene ring substituents is 1. The van der Waals surface area contributed by atoms with Gasteiger partial charge in [0.2, 0.25) is 0 Å². The Morgan fingerprint density at radius 3 is 2.79 bits per heavy atom. The van der Waals surface area contributed by atoms with Crippen LogP contribution >= 0.6 is 0 Å². The molecule has 0 aromatic heterocycles. The van der Waals surface area contributed by atoms with Crippen LogP contribution in [-0.4, -0.2) is 22.9 Å². The first-order chi connectivity index (χ1) is 9.04. The molecule has 3 N–H and O–H groups in total. The molecule has 0 radical (unpaired) electrons. The molecule has 19 heavy (non-hydrogen) atoms. The Morgan fingerprint density at radius 1 is 1.58 bits per heavy atom. The van der Waals surface area contributed by atoms with Crippen LogP contribution in [0.3, 0.4) is 0 Å². The van der Waals surface area contributed by atoms with Crippen molar-refractivity contribution >= 4 is 11.4 Å². The molecule has 0 heterocycles. The summed E-state index contributed by atoms with van der Waals surface area (Å²) in [7, 11) is 2.04. The lowest BCUT2D eigenvalue weighted by atomic mass is 10.1. The molecule has 6 heteroatoms. The van der Waals surface area contributed by atoms with Gasteiger partial charge in [0.25, 0.3) is 5.69 Å². The number of nitro groups is 1. The Hall–Kier alpha value is -1.66. The second-order valence-corrected chi connectivity index (χ2v) is 5.21. The van der Waals surface area contributed by atoms with E-state index in [1.165, 1.54) is 18.9 Å². The van der Waals surface area contributed by atoms with E-state index in [1.54, 1.807) is 6.07 Å². The molecule has 0 bridgehead atoms. The number of hydrogen-bond acceptors (Lipinski definition) is 5. The van der Waals surface area contributed by atoms with E-state index < -0.39 is 4.92 Å². The van der Waals surface area contributed by atoms with Crippen molar-refractivity contribution in [3.8, 4) is 0 Å². The van der Waals surface area contributed by atoms with E-state index >= 15 is 0 Å². The molecule has 1 atom stereocenters. The fourth-order valence-corrected chi connectivity index (χ4v) is 2.39. The first-order valence-corrected chi connectivity index (χ1v) is 6.47. The molecule has 2 rings (SSSR count). The number of anilines is 1. The standard InChI is InChI=1S/C13H20N4O2/c1-9(10-6-7-10)16(2)8-11-4-3-5-12(17(18)19)13(11)15-14/h3-5,9-10,15H,6-8,14H2,1-2H3. The zero-order valence-electron chi connectivity index (χ0n) is 11.3. The zero-order chi connectivity index (χ0) is 14.0. The van der Waals surface area contributed by atoms with Crippen LogP contribution < -0.4 is 11.3 Å². The summed E-state index contributed by atoms with van der Waals surface area (Å²) in [6, 6.07) is 5.52. The van der Waals surface area contributed by atoms with Crippen LogP contribution in [0.4, 0.5) is 11.4 Å². The number of nitrogens with two attached hydrogens (primary N) is 1. The lowest BCUT2D eigenvalue weighted by molar-refractivity contribution is -0.384. The van der Waals surface area contributed by atoms with Gasteiger partial charge in [-0.05, 0) is 38.3 Å². The van der Waals surface area contributed by atoms with Gasteiger partial charge in [0.1, 0.15) is 5.69 Å². The lowest BCUT2D eigenvalue weighted by Gasteiger charge is -2.25. The third-order valence-corrected chi connectivity index (χ3v) is 3.89. The third kappa shape index (κ3) is 3.02. The van der Waals surface area contributed by atoms with Crippen molar-refractivity contribution in [3.63, 3.8) is 0 Å².